The Morgan fingerprint density at radius 2 is 1.85 bits per heavy atom. The lowest BCUT2D eigenvalue weighted by molar-refractivity contribution is -0.127. The molecule has 1 N–H and O–H groups in total. The van der Waals surface area contributed by atoms with Crippen LogP contribution in [0.25, 0.3) is 0 Å². The van der Waals surface area contributed by atoms with Gasteiger partial charge in [0, 0.05) is 25.7 Å². The lowest BCUT2D eigenvalue weighted by Crippen LogP contribution is -2.23. The Morgan fingerprint density at radius 3 is 2.35 bits per heavy atom. The summed E-state index contributed by atoms with van der Waals surface area (Å²) in [7, 11) is 0.0365. The standard InChI is InChI=1S/C13H19ClN2O3S/c1-16(2)13(17)10-11-4-6-12(7-5-11)15-20(18,19)9-3-8-14/h4-7,15H,3,8-10H2,1-2H3. The monoisotopic (exact) mass is 318 g/mol. The number of benzene rings is 1. The number of rotatable bonds is 7. The van der Waals surface area contributed by atoms with Gasteiger partial charge >= 0.3 is 0 Å². The van der Waals surface area contributed by atoms with Gasteiger partial charge in [-0.05, 0) is 24.1 Å². The minimum atomic E-state index is -3.36. The van der Waals surface area contributed by atoms with E-state index in [9.17, 15) is 13.2 Å². The fraction of sp³-hybridized carbons (Fsp3) is 0.462. The van der Waals surface area contributed by atoms with Crippen molar-refractivity contribution in [3.63, 3.8) is 0 Å². The maximum Gasteiger partial charge on any atom is 0.232 e. The van der Waals surface area contributed by atoms with Gasteiger partial charge in [0.15, 0.2) is 0 Å². The van der Waals surface area contributed by atoms with Crippen LogP contribution in [-0.2, 0) is 21.2 Å². The van der Waals surface area contributed by atoms with Gasteiger partial charge in [0.05, 0.1) is 12.2 Å². The summed E-state index contributed by atoms with van der Waals surface area (Å²) in [6.07, 6.45) is 0.707. The molecule has 0 atom stereocenters. The van der Waals surface area contributed by atoms with E-state index in [0.29, 0.717) is 24.4 Å². The first kappa shape index (κ1) is 16.8. The lowest BCUT2D eigenvalue weighted by Gasteiger charge is -2.11. The van der Waals surface area contributed by atoms with Gasteiger partial charge in [-0.15, -0.1) is 11.6 Å². The number of carbonyl (C=O) groups is 1. The quantitative estimate of drug-likeness (QED) is 0.778. The number of nitrogens with one attached hydrogen (secondary N) is 1. The molecule has 0 saturated heterocycles. The van der Waals surface area contributed by atoms with Gasteiger partial charge in [-0.1, -0.05) is 12.1 Å². The Balaban J connectivity index is 2.65. The van der Waals surface area contributed by atoms with E-state index in [0.717, 1.165) is 5.56 Å². The molecule has 7 heteroatoms. The molecular weight excluding hydrogens is 300 g/mol. The van der Waals surface area contributed by atoms with E-state index in [2.05, 4.69) is 4.72 Å². The van der Waals surface area contributed by atoms with Crippen LogP contribution in [0.2, 0.25) is 0 Å². The minimum Gasteiger partial charge on any atom is -0.349 e. The normalized spacial score (nSPS) is 11.2. The van der Waals surface area contributed by atoms with Gasteiger partial charge in [-0.25, -0.2) is 8.42 Å². The average Bonchev–Trinajstić information content (AvgIpc) is 2.38. The fourth-order valence-corrected chi connectivity index (χ4v) is 2.91. The number of alkyl halides is 1. The van der Waals surface area contributed by atoms with Crippen molar-refractivity contribution in [2.45, 2.75) is 12.8 Å². The zero-order chi connectivity index (χ0) is 15.2. The summed E-state index contributed by atoms with van der Waals surface area (Å²) in [6.45, 7) is 0. The first-order valence-electron chi connectivity index (χ1n) is 6.19. The van der Waals surface area contributed by atoms with Crippen molar-refractivity contribution < 1.29 is 13.2 Å². The van der Waals surface area contributed by atoms with Gasteiger partial charge in [-0.3, -0.25) is 9.52 Å². The highest BCUT2D eigenvalue weighted by molar-refractivity contribution is 7.92. The number of anilines is 1. The number of likely N-dealkylation sites (N-methyl/N-ethyl adjacent to an activating group) is 1. The van der Waals surface area contributed by atoms with E-state index in [1.165, 1.54) is 4.90 Å². The molecule has 1 rings (SSSR count). The molecule has 0 saturated carbocycles. The Labute approximate surface area is 125 Å². The summed E-state index contributed by atoms with van der Waals surface area (Å²) in [5.41, 5.74) is 1.33. The Hall–Kier alpha value is -1.27. The first-order valence-corrected chi connectivity index (χ1v) is 8.38. The van der Waals surface area contributed by atoms with Crippen molar-refractivity contribution in [3.8, 4) is 0 Å². The van der Waals surface area contributed by atoms with E-state index < -0.39 is 10.0 Å². The van der Waals surface area contributed by atoms with Crippen molar-refractivity contribution in [2.24, 2.45) is 0 Å². The van der Waals surface area contributed by atoms with E-state index in [1.54, 1.807) is 38.4 Å². The van der Waals surface area contributed by atoms with Gasteiger partial charge in [0.25, 0.3) is 0 Å². The number of hydrogen-bond donors (Lipinski definition) is 1. The van der Waals surface area contributed by atoms with Crippen LogP contribution in [0.15, 0.2) is 24.3 Å². The summed E-state index contributed by atoms with van der Waals surface area (Å²) in [4.78, 5) is 13.1. The molecule has 0 heterocycles. The van der Waals surface area contributed by atoms with Crippen LogP contribution in [0.4, 0.5) is 5.69 Å². The molecule has 0 aliphatic heterocycles. The number of sulfonamides is 1. The van der Waals surface area contributed by atoms with Crippen LogP contribution in [0.1, 0.15) is 12.0 Å². The summed E-state index contributed by atoms with van der Waals surface area (Å²) in [6, 6.07) is 6.77. The van der Waals surface area contributed by atoms with Crippen LogP contribution in [-0.4, -0.2) is 45.0 Å². The summed E-state index contributed by atoms with van der Waals surface area (Å²) in [5, 5.41) is 0. The highest BCUT2D eigenvalue weighted by Gasteiger charge is 2.10. The predicted molar refractivity (Wildman–Crippen MR) is 81.6 cm³/mol. The maximum atomic E-state index is 11.7. The van der Waals surface area contributed by atoms with Crippen LogP contribution in [0, 0.1) is 0 Å². The summed E-state index contributed by atoms with van der Waals surface area (Å²) >= 11 is 5.48. The predicted octanol–water partition coefficient (Wildman–Crippen LogP) is 1.69. The molecule has 0 radical (unpaired) electrons. The molecule has 0 spiro atoms. The molecule has 0 aromatic heterocycles. The molecule has 1 aromatic rings. The van der Waals surface area contributed by atoms with E-state index in [1.807, 2.05) is 0 Å². The smallest absolute Gasteiger partial charge is 0.232 e. The third kappa shape index (κ3) is 5.79. The van der Waals surface area contributed by atoms with Crippen molar-refractivity contribution in [1.29, 1.82) is 0 Å². The highest BCUT2D eigenvalue weighted by atomic mass is 35.5. The van der Waals surface area contributed by atoms with Crippen LogP contribution in [0.3, 0.4) is 0 Å². The Bertz CT molecular complexity index is 541. The largest absolute Gasteiger partial charge is 0.349 e. The molecule has 0 aliphatic carbocycles. The number of carbonyl (C=O) groups excluding carboxylic acids is 1. The number of nitrogens with zero attached hydrogens (tertiary/aromatic N) is 1. The van der Waals surface area contributed by atoms with Gasteiger partial charge in [-0.2, -0.15) is 0 Å². The van der Waals surface area contributed by atoms with Crippen LogP contribution in [0.5, 0.6) is 0 Å². The summed E-state index contributed by atoms with van der Waals surface area (Å²) in [5.74, 6) is 0.310. The topological polar surface area (TPSA) is 66.5 Å². The Morgan fingerprint density at radius 1 is 1.25 bits per heavy atom. The molecular formula is C13H19ClN2O3S. The fourth-order valence-electron chi connectivity index (χ4n) is 1.50. The number of amides is 1. The van der Waals surface area contributed by atoms with Crippen molar-refractivity contribution >= 4 is 33.2 Å². The molecule has 0 fully saturated rings. The molecule has 1 amide bonds. The second kappa shape index (κ2) is 7.50. The number of hydrogen-bond acceptors (Lipinski definition) is 3. The van der Waals surface area contributed by atoms with Gasteiger partial charge in [0.1, 0.15) is 0 Å². The third-order valence-corrected chi connectivity index (χ3v) is 4.27. The highest BCUT2D eigenvalue weighted by Crippen LogP contribution is 2.13. The molecule has 112 valence electrons. The van der Waals surface area contributed by atoms with E-state index >= 15 is 0 Å². The first-order chi connectivity index (χ1) is 9.34. The second-order valence-electron chi connectivity index (χ2n) is 4.63. The van der Waals surface area contributed by atoms with E-state index in [-0.39, 0.29) is 11.7 Å². The van der Waals surface area contributed by atoms with Crippen molar-refractivity contribution in [3.05, 3.63) is 29.8 Å². The van der Waals surface area contributed by atoms with Crippen molar-refractivity contribution in [1.82, 2.24) is 4.90 Å². The van der Waals surface area contributed by atoms with Crippen LogP contribution < -0.4 is 4.72 Å². The molecule has 5 nitrogen and oxygen atoms in total. The van der Waals surface area contributed by atoms with Crippen LogP contribution >= 0.6 is 11.6 Å². The zero-order valence-corrected chi connectivity index (χ0v) is 13.2. The zero-order valence-electron chi connectivity index (χ0n) is 11.6. The Kier molecular flexibility index (Phi) is 6.29. The maximum absolute atomic E-state index is 11.7. The second-order valence-corrected chi connectivity index (χ2v) is 6.85. The molecule has 0 bridgehead atoms. The third-order valence-electron chi connectivity index (χ3n) is 2.63. The molecule has 1 aromatic carbocycles. The van der Waals surface area contributed by atoms with Gasteiger partial charge in [0.2, 0.25) is 15.9 Å². The molecule has 0 unspecified atom stereocenters. The number of halogens is 1. The summed E-state index contributed by atoms with van der Waals surface area (Å²) < 4.78 is 25.8. The van der Waals surface area contributed by atoms with E-state index in [4.69, 9.17) is 11.6 Å². The molecule has 20 heavy (non-hydrogen) atoms. The average molecular weight is 319 g/mol. The minimum absolute atomic E-state index is 0.000410. The molecule has 0 aliphatic rings. The van der Waals surface area contributed by atoms with Crippen molar-refractivity contribution in [2.75, 3.05) is 30.5 Å². The lowest BCUT2D eigenvalue weighted by atomic mass is 10.1. The SMILES string of the molecule is CN(C)C(=O)Cc1ccc(NS(=O)(=O)CCCCl)cc1. The van der Waals surface area contributed by atoms with Gasteiger partial charge < -0.3 is 4.90 Å².